The number of rotatable bonds is 5. The summed E-state index contributed by atoms with van der Waals surface area (Å²) < 4.78 is 0. The van der Waals surface area contributed by atoms with E-state index in [4.69, 9.17) is 0 Å². The van der Waals surface area contributed by atoms with Gasteiger partial charge >= 0.3 is 0 Å². The number of nitrogens with one attached hydrogen (secondary N) is 2. The van der Waals surface area contributed by atoms with Gasteiger partial charge in [0.05, 0.1) is 12.2 Å². The molecule has 104 valence electrons. The van der Waals surface area contributed by atoms with Gasteiger partial charge in [0.15, 0.2) is 5.96 Å². The van der Waals surface area contributed by atoms with Crippen LogP contribution < -0.4 is 10.6 Å². The number of aliphatic imine (C=N–C) groups is 1. The SMILES string of the molecule is CN=C(NCCC(=O)N(C)C)NCc1ccccn1. The third-order valence-corrected chi connectivity index (χ3v) is 2.52. The molecule has 1 rings (SSSR count). The van der Waals surface area contributed by atoms with Gasteiger partial charge in [-0.05, 0) is 12.1 Å². The number of hydrogen-bond donors (Lipinski definition) is 2. The maximum Gasteiger partial charge on any atom is 0.223 e. The second-order valence-corrected chi connectivity index (χ2v) is 4.21. The molecule has 0 unspecified atom stereocenters. The van der Waals surface area contributed by atoms with E-state index >= 15 is 0 Å². The van der Waals surface area contributed by atoms with E-state index in [0.717, 1.165) is 5.69 Å². The Morgan fingerprint density at radius 2 is 2.16 bits per heavy atom. The number of nitrogens with zero attached hydrogens (tertiary/aromatic N) is 3. The molecule has 0 saturated carbocycles. The molecule has 0 aliphatic carbocycles. The fourth-order valence-corrected chi connectivity index (χ4v) is 1.41. The predicted molar refractivity (Wildman–Crippen MR) is 75.7 cm³/mol. The minimum Gasteiger partial charge on any atom is -0.356 e. The Hall–Kier alpha value is -2.11. The molecular formula is C13H21N5O. The predicted octanol–water partition coefficient (Wildman–Crippen LogP) is 0.225. The summed E-state index contributed by atoms with van der Waals surface area (Å²) in [6.07, 6.45) is 2.19. The number of amides is 1. The number of hydrogen-bond acceptors (Lipinski definition) is 3. The minimum atomic E-state index is 0.0904. The zero-order chi connectivity index (χ0) is 14.1. The molecular weight excluding hydrogens is 242 g/mol. The zero-order valence-electron chi connectivity index (χ0n) is 11.7. The van der Waals surface area contributed by atoms with Crippen molar-refractivity contribution in [2.75, 3.05) is 27.7 Å². The summed E-state index contributed by atoms with van der Waals surface area (Å²) in [6, 6.07) is 5.76. The summed E-state index contributed by atoms with van der Waals surface area (Å²) in [4.78, 5) is 21.3. The molecule has 6 heteroatoms. The van der Waals surface area contributed by atoms with Gasteiger partial charge in [0, 0.05) is 40.3 Å². The van der Waals surface area contributed by atoms with Gasteiger partial charge in [-0.3, -0.25) is 14.8 Å². The van der Waals surface area contributed by atoms with E-state index in [0.29, 0.717) is 25.5 Å². The molecule has 0 radical (unpaired) electrons. The first-order valence-corrected chi connectivity index (χ1v) is 6.18. The molecule has 6 nitrogen and oxygen atoms in total. The third-order valence-electron chi connectivity index (χ3n) is 2.52. The van der Waals surface area contributed by atoms with Crippen molar-refractivity contribution in [3.63, 3.8) is 0 Å². The van der Waals surface area contributed by atoms with Crippen LogP contribution in [0, 0.1) is 0 Å². The molecule has 0 aliphatic heterocycles. The summed E-state index contributed by atoms with van der Waals surface area (Å²) in [6.45, 7) is 1.15. The van der Waals surface area contributed by atoms with Gasteiger partial charge in [-0.2, -0.15) is 0 Å². The fraction of sp³-hybridized carbons (Fsp3) is 0.462. The van der Waals surface area contributed by atoms with Crippen molar-refractivity contribution in [2.24, 2.45) is 4.99 Å². The van der Waals surface area contributed by atoms with E-state index in [1.807, 2.05) is 18.2 Å². The minimum absolute atomic E-state index is 0.0904. The second-order valence-electron chi connectivity index (χ2n) is 4.21. The first-order valence-electron chi connectivity index (χ1n) is 6.18. The van der Waals surface area contributed by atoms with Crippen LogP contribution >= 0.6 is 0 Å². The molecule has 0 atom stereocenters. The topological polar surface area (TPSA) is 69.6 Å². The molecule has 19 heavy (non-hydrogen) atoms. The van der Waals surface area contributed by atoms with Gasteiger partial charge in [-0.1, -0.05) is 6.07 Å². The van der Waals surface area contributed by atoms with E-state index < -0.39 is 0 Å². The van der Waals surface area contributed by atoms with Crippen LogP contribution in [0.1, 0.15) is 12.1 Å². The Morgan fingerprint density at radius 1 is 1.37 bits per heavy atom. The van der Waals surface area contributed by atoms with Crippen molar-refractivity contribution in [2.45, 2.75) is 13.0 Å². The number of pyridine rings is 1. The van der Waals surface area contributed by atoms with Crippen molar-refractivity contribution in [3.05, 3.63) is 30.1 Å². The summed E-state index contributed by atoms with van der Waals surface area (Å²) in [5.41, 5.74) is 0.940. The van der Waals surface area contributed by atoms with Crippen LogP contribution in [0.4, 0.5) is 0 Å². The first kappa shape index (κ1) is 14.9. The largest absolute Gasteiger partial charge is 0.356 e. The van der Waals surface area contributed by atoms with E-state index in [1.54, 1.807) is 32.2 Å². The Labute approximate surface area is 113 Å². The lowest BCUT2D eigenvalue weighted by Gasteiger charge is -2.13. The van der Waals surface area contributed by atoms with Crippen molar-refractivity contribution in [3.8, 4) is 0 Å². The first-order chi connectivity index (χ1) is 9.13. The average molecular weight is 263 g/mol. The number of carbonyl (C=O) groups excluding carboxylic acids is 1. The van der Waals surface area contributed by atoms with Gasteiger partial charge in [-0.15, -0.1) is 0 Å². The van der Waals surface area contributed by atoms with Crippen molar-refractivity contribution >= 4 is 11.9 Å². The van der Waals surface area contributed by atoms with Crippen LogP contribution in [0.2, 0.25) is 0 Å². The smallest absolute Gasteiger partial charge is 0.223 e. The summed E-state index contributed by atoms with van der Waals surface area (Å²) in [5, 5.41) is 6.23. The summed E-state index contributed by atoms with van der Waals surface area (Å²) >= 11 is 0. The van der Waals surface area contributed by atoms with Crippen LogP contribution in [0.25, 0.3) is 0 Å². The summed E-state index contributed by atoms with van der Waals surface area (Å²) in [7, 11) is 5.19. The van der Waals surface area contributed by atoms with E-state index in [9.17, 15) is 4.79 Å². The number of aromatic nitrogens is 1. The lowest BCUT2D eigenvalue weighted by atomic mass is 10.3. The average Bonchev–Trinajstić information content (AvgIpc) is 2.43. The fourth-order valence-electron chi connectivity index (χ4n) is 1.41. The third kappa shape index (κ3) is 5.85. The van der Waals surface area contributed by atoms with E-state index in [-0.39, 0.29) is 5.91 Å². The Kier molecular flexibility index (Phi) is 6.35. The molecule has 1 aromatic heterocycles. The lowest BCUT2D eigenvalue weighted by Crippen LogP contribution is -2.38. The number of carbonyl (C=O) groups is 1. The maximum atomic E-state index is 11.4. The molecule has 0 aromatic carbocycles. The highest BCUT2D eigenvalue weighted by atomic mass is 16.2. The maximum absolute atomic E-state index is 11.4. The zero-order valence-corrected chi connectivity index (χ0v) is 11.7. The molecule has 0 spiro atoms. The highest BCUT2D eigenvalue weighted by Crippen LogP contribution is 1.91. The van der Waals surface area contributed by atoms with Crippen LogP contribution in [-0.2, 0) is 11.3 Å². The van der Waals surface area contributed by atoms with Crippen LogP contribution in [-0.4, -0.2) is 49.4 Å². The lowest BCUT2D eigenvalue weighted by molar-refractivity contribution is -0.128. The van der Waals surface area contributed by atoms with Crippen molar-refractivity contribution in [1.29, 1.82) is 0 Å². The van der Waals surface area contributed by atoms with Crippen molar-refractivity contribution in [1.82, 2.24) is 20.5 Å². The summed E-state index contributed by atoms with van der Waals surface area (Å²) in [5.74, 6) is 0.755. The molecule has 0 bridgehead atoms. The van der Waals surface area contributed by atoms with Crippen LogP contribution in [0.3, 0.4) is 0 Å². The Bertz CT molecular complexity index is 416. The van der Waals surface area contributed by atoms with Gasteiger partial charge in [0.2, 0.25) is 5.91 Å². The van der Waals surface area contributed by atoms with Gasteiger partial charge in [-0.25, -0.2) is 0 Å². The Balaban J connectivity index is 2.29. The number of guanidine groups is 1. The van der Waals surface area contributed by atoms with Crippen LogP contribution in [0.5, 0.6) is 0 Å². The molecule has 0 aliphatic rings. The molecule has 1 amide bonds. The van der Waals surface area contributed by atoms with Crippen LogP contribution in [0.15, 0.2) is 29.4 Å². The van der Waals surface area contributed by atoms with Crippen molar-refractivity contribution < 1.29 is 4.79 Å². The van der Waals surface area contributed by atoms with E-state index in [1.165, 1.54) is 0 Å². The molecule has 0 saturated heterocycles. The quantitative estimate of drug-likeness (QED) is 0.589. The molecule has 1 aromatic rings. The van der Waals surface area contributed by atoms with Gasteiger partial charge in [0.25, 0.3) is 0 Å². The van der Waals surface area contributed by atoms with Gasteiger partial charge in [0.1, 0.15) is 0 Å². The molecule has 2 N–H and O–H groups in total. The standard InChI is InChI=1S/C13H21N5O/c1-14-13(16-9-7-12(19)18(2)3)17-10-11-6-4-5-8-15-11/h4-6,8H,7,9-10H2,1-3H3,(H2,14,16,17). The molecule has 0 fully saturated rings. The Morgan fingerprint density at radius 3 is 2.74 bits per heavy atom. The molecule has 1 heterocycles. The normalized spacial score (nSPS) is 11.0. The highest BCUT2D eigenvalue weighted by Gasteiger charge is 2.04. The second kappa shape index (κ2) is 8.07. The van der Waals surface area contributed by atoms with E-state index in [2.05, 4.69) is 20.6 Å². The van der Waals surface area contributed by atoms with Gasteiger partial charge < -0.3 is 15.5 Å². The highest BCUT2D eigenvalue weighted by molar-refractivity contribution is 5.81. The monoisotopic (exact) mass is 263 g/mol.